The zero-order chi connectivity index (χ0) is 25.8. The Bertz CT molecular complexity index is 1360. The Balaban J connectivity index is 1.07. The summed E-state index contributed by atoms with van der Waals surface area (Å²) >= 11 is 0. The SMILES string of the molecule is O=C(NCc1ncccc1C(F)(F)F)c1coc(CCNCCc2nc3cc4c(cc3[nH]2)OCCO4)n1. The first kappa shape index (κ1) is 24.6. The molecule has 3 aromatic heterocycles. The van der Waals surface area contributed by atoms with Gasteiger partial charge in [0.1, 0.15) is 25.3 Å². The number of carbonyl (C=O) groups is 1. The monoisotopic (exact) mass is 516 g/mol. The number of H-pyrrole nitrogens is 1. The third-order valence-electron chi connectivity index (χ3n) is 5.65. The van der Waals surface area contributed by atoms with E-state index in [9.17, 15) is 18.0 Å². The van der Waals surface area contributed by atoms with Crippen LogP contribution in [-0.4, -0.2) is 52.1 Å². The van der Waals surface area contributed by atoms with E-state index >= 15 is 0 Å². The van der Waals surface area contributed by atoms with Crippen molar-refractivity contribution in [1.82, 2.24) is 30.6 Å². The lowest BCUT2D eigenvalue weighted by Crippen LogP contribution is -2.25. The second-order valence-corrected chi connectivity index (χ2v) is 8.25. The second-order valence-electron chi connectivity index (χ2n) is 8.25. The molecule has 4 aromatic rings. The molecule has 13 heteroatoms. The molecule has 1 aliphatic rings. The lowest BCUT2D eigenvalue weighted by molar-refractivity contribution is -0.138. The summed E-state index contributed by atoms with van der Waals surface area (Å²) in [5.41, 5.74) is 0.497. The first-order valence-corrected chi connectivity index (χ1v) is 11.6. The van der Waals surface area contributed by atoms with E-state index < -0.39 is 17.6 Å². The molecule has 3 N–H and O–H groups in total. The minimum Gasteiger partial charge on any atom is -0.486 e. The number of halogens is 3. The number of nitrogens with zero attached hydrogens (tertiary/aromatic N) is 3. The number of amides is 1. The van der Waals surface area contributed by atoms with E-state index in [1.54, 1.807) is 0 Å². The van der Waals surface area contributed by atoms with E-state index in [2.05, 4.69) is 30.6 Å². The van der Waals surface area contributed by atoms with E-state index in [1.807, 2.05) is 12.1 Å². The first-order chi connectivity index (χ1) is 17.9. The molecule has 0 saturated heterocycles. The van der Waals surface area contributed by atoms with Gasteiger partial charge in [-0.1, -0.05) is 0 Å². The lowest BCUT2D eigenvalue weighted by Gasteiger charge is -2.17. The highest BCUT2D eigenvalue weighted by molar-refractivity contribution is 5.91. The molecule has 4 heterocycles. The number of pyridine rings is 1. The highest BCUT2D eigenvalue weighted by atomic mass is 19.4. The summed E-state index contributed by atoms with van der Waals surface area (Å²) in [4.78, 5) is 28.0. The maximum absolute atomic E-state index is 13.1. The summed E-state index contributed by atoms with van der Waals surface area (Å²) in [7, 11) is 0. The number of benzene rings is 1. The molecule has 1 aromatic carbocycles. The van der Waals surface area contributed by atoms with Crippen molar-refractivity contribution in [2.45, 2.75) is 25.6 Å². The van der Waals surface area contributed by atoms with Gasteiger partial charge in [-0.15, -0.1) is 0 Å². The van der Waals surface area contributed by atoms with Gasteiger partial charge in [0, 0.05) is 44.3 Å². The van der Waals surface area contributed by atoms with Crippen molar-refractivity contribution in [1.29, 1.82) is 0 Å². The second kappa shape index (κ2) is 10.5. The van der Waals surface area contributed by atoms with Crippen LogP contribution < -0.4 is 20.1 Å². The van der Waals surface area contributed by atoms with E-state index in [4.69, 9.17) is 13.9 Å². The third kappa shape index (κ3) is 5.82. The average molecular weight is 516 g/mol. The Labute approximate surface area is 208 Å². The summed E-state index contributed by atoms with van der Waals surface area (Å²) in [6.07, 6.45) is -1.06. The van der Waals surface area contributed by atoms with Gasteiger partial charge in [0.15, 0.2) is 23.1 Å². The number of ether oxygens (including phenoxy) is 2. The van der Waals surface area contributed by atoms with Crippen LogP contribution >= 0.6 is 0 Å². The topological polar surface area (TPSA) is 127 Å². The van der Waals surface area contributed by atoms with Gasteiger partial charge in [-0.05, 0) is 12.1 Å². The van der Waals surface area contributed by atoms with Crippen LogP contribution in [0.3, 0.4) is 0 Å². The summed E-state index contributed by atoms with van der Waals surface area (Å²) < 4.78 is 55.7. The summed E-state index contributed by atoms with van der Waals surface area (Å²) in [5, 5.41) is 5.66. The van der Waals surface area contributed by atoms with Crippen molar-refractivity contribution in [2.24, 2.45) is 0 Å². The van der Waals surface area contributed by atoms with Crippen LogP contribution in [0.2, 0.25) is 0 Å². The average Bonchev–Trinajstić information content (AvgIpc) is 3.52. The quantitative estimate of drug-likeness (QED) is 0.290. The smallest absolute Gasteiger partial charge is 0.418 e. The van der Waals surface area contributed by atoms with Crippen molar-refractivity contribution >= 4 is 16.9 Å². The molecule has 0 bridgehead atoms. The highest BCUT2D eigenvalue weighted by Gasteiger charge is 2.33. The van der Waals surface area contributed by atoms with Crippen molar-refractivity contribution in [2.75, 3.05) is 26.3 Å². The molecule has 0 saturated carbocycles. The Kier molecular flexibility index (Phi) is 6.95. The number of fused-ring (bicyclic) bond motifs is 2. The van der Waals surface area contributed by atoms with Crippen LogP contribution in [0.4, 0.5) is 13.2 Å². The van der Waals surface area contributed by atoms with E-state index in [0.717, 1.165) is 22.9 Å². The number of aromatic amines is 1. The lowest BCUT2D eigenvalue weighted by atomic mass is 10.2. The van der Waals surface area contributed by atoms with Crippen molar-refractivity contribution in [3.63, 3.8) is 0 Å². The highest BCUT2D eigenvalue weighted by Crippen LogP contribution is 2.33. The fourth-order valence-electron chi connectivity index (χ4n) is 3.87. The van der Waals surface area contributed by atoms with Gasteiger partial charge < -0.3 is 29.5 Å². The molecule has 5 rings (SSSR count). The standard InChI is InChI=1S/C24H23F3N6O4/c25-24(26,27)14-2-1-5-29-17(14)12-30-23(34)18-13-37-22(33-18)4-7-28-6-3-21-31-15-10-19-20(11-16(15)32-21)36-9-8-35-19/h1-2,5,10-11,13,28H,3-4,6-9,12H2,(H,30,34)(H,31,32). The number of nitrogens with one attached hydrogen (secondary N) is 3. The van der Waals surface area contributed by atoms with Crippen LogP contribution in [0.1, 0.15) is 33.5 Å². The van der Waals surface area contributed by atoms with Crippen molar-refractivity contribution in [3.05, 3.63) is 65.4 Å². The first-order valence-electron chi connectivity index (χ1n) is 11.6. The molecule has 0 aliphatic carbocycles. The minimum atomic E-state index is -4.56. The Morgan fingerprint density at radius 1 is 1.08 bits per heavy atom. The van der Waals surface area contributed by atoms with Gasteiger partial charge in [0.25, 0.3) is 5.91 Å². The third-order valence-corrected chi connectivity index (χ3v) is 5.65. The molecule has 0 atom stereocenters. The summed E-state index contributed by atoms with van der Waals surface area (Å²) in [6, 6.07) is 5.86. The number of aromatic nitrogens is 4. The number of carbonyl (C=O) groups excluding carboxylic acids is 1. The van der Waals surface area contributed by atoms with Crippen LogP contribution in [0.25, 0.3) is 11.0 Å². The molecule has 194 valence electrons. The normalized spacial score (nSPS) is 13.2. The largest absolute Gasteiger partial charge is 0.486 e. The summed E-state index contributed by atoms with van der Waals surface area (Å²) in [5.74, 6) is 1.90. The van der Waals surface area contributed by atoms with Crippen LogP contribution in [-0.2, 0) is 25.6 Å². The Morgan fingerprint density at radius 3 is 2.68 bits per heavy atom. The van der Waals surface area contributed by atoms with Gasteiger partial charge in [-0.25, -0.2) is 9.97 Å². The van der Waals surface area contributed by atoms with E-state index in [0.29, 0.717) is 56.5 Å². The predicted octanol–water partition coefficient (Wildman–Crippen LogP) is 3.04. The molecular formula is C24H23F3N6O4. The van der Waals surface area contributed by atoms with E-state index in [-0.39, 0.29) is 17.9 Å². The molecule has 1 amide bonds. The molecule has 0 unspecified atom stereocenters. The molecular weight excluding hydrogens is 493 g/mol. The van der Waals surface area contributed by atoms with Gasteiger partial charge >= 0.3 is 6.18 Å². The minimum absolute atomic E-state index is 0.0163. The fraction of sp³-hybridized carbons (Fsp3) is 0.333. The number of rotatable bonds is 9. The summed E-state index contributed by atoms with van der Waals surface area (Å²) in [6.45, 7) is 1.84. The van der Waals surface area contributed by atoms with Gasteiger partial charge in [-0.2, -0.15) is 13.2 Å². The molecule has 10 nitrogen and oxygen atoms in total. The van der Waals surface area contributed by atoms with Crippen molar-refractivity contribution < 1.29 is 31.9 Å². The van der Waals surface area contributed by atoms with Gasteiger partial charge in [-0.3, -0.25) is 9.78 Å². The zero-order valence-corrected chi connectivity index (χ0v) is 19.5. The Hall–Kier alpha value is -4.13. The van der Waals surface area contributed by atoms with Gasteiger partial charge in [0.05, 0.1) is 28.8 Å². The molecule has 37 heavy (non-hydrogen) atoms. The van der Waals surface area contributed by atoms with Crippen LogP contribution in [0.5, 0.6) is 11.5 Å². The molecule has 1 aliphatic heterocycles. The van der Waals surface area contributed by atoms with Crippen LogP contribution in [0, 0.1) is 0 Å². The van der Waals surface area contributed by atoms with Gasteiger partial charge in [0.2, 0.25) is 0 Å². The number of oxazole rings is 1. The van der Waals surface area contributed by atoms with Crippen LogP contribution in [0.15, 0.2) is 41.1 Å². The predicted molar refractivity (Wildman–Crippen MR) is 124 cm³/mol. The molecule has 0 fully saturated rings. The zero-order valence-electron chi connectivity index (χ0n) is 19.5. The number of hydrogen-bond donors (Lipinski definition) is 3. The maximum atomic E-state index is 13.1. The van der Waals surface area contributed by atoms with Crippen molar-refractivity contribution in [3.8, 4) is 11.5 Å². The van der Waals surface area contributed by atoms with E-state index in [1.165, 1.54) is 18.5 Å². The number of hydrogen-bond acceptors (Lipinski definition) is 8. The number of alkyl halides is 3. The Morgan fingerprint density at radius 2 is 1.86 bits per heavy atom. The number of imidazole rings is 1. The maximum Gasteiger partial charge on any atom is 0.418 e. The fourth-order valence-corrected chi connectivity index (χ4v) is 3.87. The molecule has 0 spiro atoms. The molecule has 0 radical (unpaired) electrons.